The van der Waals surface area contributed by atoms with Crippen molar-refractivity contribution >= 4 is 17.6 Å². The number of hydrogen-bond donors (Lipinski definition) is 2. The average Bonchev–Trinajstić information content (AvgIpc) is 2.87. The Balaban J connectivity index is 1.94. The maximum Gasteiger partial charge on any atom is 0.319 e. The zero-order valence-electron chi connectivity index (χ0n) is 13.9. The Labute approximate surface area is 135 Å². The van der Waals surface area contributed by atoms with Crippen LogP contribution in [0.15, 0.2) is 18.2 Å². The van der Waals surface area contributed by atoms with E-state index in [9.17, 15) is 9.59 Å². The van der Waals surface area contributed by atoms with Gasteiger partial charge in [0.1, 0.15) is 0 Å². The lowest BCUT2D eigenvalue weighted by atomic mass is 10.2. The second kappa shape index (κ2) is 7.21. The van der Waals surface area contributed by atoms with Gasteiger partial charge in [-0.2, -0.15) is 0 Å². The van der Waals surface area contributed by atoms with Gasteiger partial charge in [0.15, 0.2) is 11.5 Å². The molecule has 7 heteroatoms. The fraction of sp³-hybridized carbons (Fsp3) is 0.500. The molecule has 7 nitrogen and oxygen atoms in total. The first kappa shape index (κ1) is 16.9. The number of carbonyl (C=O) groups excluding carboxylic acids is 2. The first-order chi connectivity index (χ1) is 10.9. The van der Waals surface area contributed by atoms with Gasteiger partial charge in [-0.25, -0.2) is 4.79 Å². The van der Waals surface area contributed by atoms with Crippen LogP contribution in [0, 0.1) is 0 Å². The summed E-state index contributed by atoms with van der Waals surface area (Å²) in [7, 11) is 3.08. The monoisotopic (exact) mass is 321 g/mol. The van der Waals surface area contributed by atoms with Gasteiger partial charge < -0.3 is 25.0 Å². The van der Waals surface area contributed by atoms with Crippen LogP contribution in [-0.4, -0.2) is 49.7 Å². The molecule has 126 valence electrons. The highest BCUT2D eigenvalue weighted by Crippen LogP contribution is 2.29. The Morgan fingerprint density at radius 3 is 2.52 bits per heavy atom. The second-order valence-electron chi connectivity index (χ2n) is 5.71. The van der Waals surface area contributed by atoms with Gasteiger partial charge in [-0.05, 0) is 26.0 Å². The third-order valence-electron chi connectivity index (χ3n) is 3.76. The normalized spacial score (nSPS) is 17.3. The number of anilines is 1. The van der Waals surface area contributed by atoms with Crippen LogP contribution in [0.3, 0.4) is 0 Å². The summed E-state index contributed by atoms with van der Waals surface area (Å²) in [5, 5.41) is 5.56. The molecule has 1 aromatic rings. The molecule has 0 saturated carbocycles. The molecule has 0 spiro atoms. The zero-order chi connectivity index (χ0) is 17.0. The van der Waals surface area contributed by atoms with E-state index >= 15 is 0 Å². The molecule has 1 aliphatic rings. The molecular weight excluding hydrogens is 298 g/mol. The summed E-state index contributed by atoms with van der Waals surface area (Å²) in [5.74, 6) is 1.19. The quantitative estimate of drug-likeness (QED) is 0.867. The van der Waals surface area contributed by atoms with E-state index in [0.717, 1.165) is 0 Å². The van der Waals surface area contributed by atoms with Crippen molar-refractivity contribution in [3.63, 3.8) is 0 Å². The molecule has 1 heterocycles. The summed E-state index contributed by atoms with van der Waals surface area (Å²) >= 11 is 0. The molecule has 3 amide bonds. The fourth-order valence-corrected chi connectivity index (χ4v) is 2.59. The smallest absolute Gasteiger partial charge is 0.319 e. The predicted molar refractivity (Wildman–Crippen MR) is 87.0 cm³/mol. The number of rotatable bonds is 5. The maximum atomic E-state index is 12.1. The minimum atomic E-state index is -0.347. The molecule has 0 bridgehead atoms. The molecule has 1 atom stereocenters. The summed E-state index contributed by atoms with van der Waals surface area (Å²) < 4.78 is 10.4. The summed E-state index contributed by atoms with van der Waals surface area (Å²) in [6, 6.07) is 4.74. The number of amides is 3. The molecule has 2 rings (SSSR count). The summed E-state index contributed by atoms with van der Waals surface area (Å²) in [6.45, 7) is 4.46. The molecule has 0 radical (unpaired) electrons. The Hall–Kier alpha value is -2.44. The SMILES string of the molecule is COc1ccc(NC(=O)NC2CC(=O)N(C(C)C)C2)cc1OC. The third-order valence-corrected chi connectivity index (χ3v) is 3.76. The Morgan fingerprint density at radius 1 is 1.26 bits per heavy atom. The van der Waals surface area contributed by atoms with Crippen molar-refractivity contribution in [1.29, 1.82) is 0 Å². The summed E-state index contributed by atoms with van der Waals surface area (Å²) in [6.07, 6.45) is 0.331. The molecule has 0 aliphatic carbocycles. The largest absolute Gasteiger partial charge is 0.493 e. The topological polar surface area (TPSA) is 79.9 Å². The lowest BCUT2D eigenvalue weighted by Crippen LogP contribution is -2.40. The van der Waals surface area contributed by atoms with Crippen molar-refractivity contribution in [2.24, 2.45) is 0 Å². The number of methoxy groups -OCH3 is 2. The van der Waals surface area contributed by atoms with Gasteiger partial charge in [-0.3, -0.25) is 4.79 Å². The van der Waals surface area contributed by atoms with Crippen LogP contribution in [0.1, 0.15) is 20.3 Å². The number of ether oxygens (including phenoxy) is 2. The molecule has 23 heavy (non-hydrogen) atoms. The standard InChI is InChI=1S/C16H23N3O4/c1-10(2)19-9-12(8-15(19)20)18-16(21)17-11-5-6-13(22-3)14(7-11)23-4/h5-7,10,12H,8-9H2,1-4H3,(H2,17,18,21). The predicted octanol–water partition coefficient (Wildman–Crippen LogP) is 1.83. The van der Waals surface area contributed by atoms with Crippen molar-refractivity contribution in [2.75, 3.05) is 26.1 Å². The fourth-order valence-electron chi connectivity index (χ4n) is 2.59. The highest BCUT2D eigenvalue weighted by Gasteiger charge is 2.31. The number of likely N-dealkylation sites (tertiary alicyclic amines) is 1. The molecule has 1 fully saturated rings. The van der Waals surface area contributed by atoms with Gasteiger partial charge >= 0.3 is 6.03 Å². The van der Waals surface area contributed by atoms with Gasteiger partial charge in [-0.1, -0.05) is 0 Å². The number of nitrogens with one attached hydrogen (secondary N) is 2. The van der Waals surface area contributed by atoms with Crippen LogP contribution in [0.25, 0.3) is 0 Å². The van der Waals surface area contributed by atoms with E-state index in [2.05, 4.69) is 10.6 Å². The van der Waals surface area contributed by atoms with E-state index in [1.54, 1.807) is 30.2 Å². The van der Waals surface area contributed by atoms with Crippen molar-refractivity contribution in [1.82, 2.24) is 10.2 Å². The molecular formula is C16H23N3O4. The Bertz CT molecular complexity index is 589. The summed E-state index contributed by atoms with van der Waals surface area (Å²) in [5.41, 5.74) is 0.588. The Kier molecular flexibility index (Phi) is 5.31. The van der Waals surface area contributed by atoms with Crippen LogP contribution in [0.4, 0.5) is 10.5 Å². The molecule has 2 N–H and O–H groups in total. The molecule has 0 aromatic heterocycles. The van der Waals surface area contributed by atoms with E-state index in [1.165, 1.54) is 7.11 Å². The van der Waals surface area contributed by atoms with Gasteiger partial charge in [0.2, 0.25) is 5.91 Å². The van der Waals surface area contributed by atoms with Crippen molar-refractivity contribution in [3.05, 3.63) is 18.2 Å². The lowest BCUT2D eigenvalue weighted by Gasteiger charge is -2.21. The maximum absolute atomic E-state index is 12.1. The van der Waals surface area contributed by atoms with Crippen LogP contribution in [0.2, 0.25) is 0 Å². The number of urea groups is 1. The third kappa shape index (κ3) is 4.06. The van der Waals surface area contributed by atoms with E-state index < -0.39 is 0 Å². The highest BCUT2D eigenvalue weighted by molar-refractivity contribution is 5.91. The Morgan fingerprint density at radius 2 is 1.96 bits per heavy atom. The van der Waals surface area contributed by atoms with Crippen LogP contribution in [-0.2, 0) is 4.79 Å². The minimum absolute atomic E-state index is 0.0661. The number of carbonyl (C=O) groups is 2. The van der Waals surface area contributed by atoms with E-state index in [-0.39, 0.29) is 24.0 Å². The molecule has 1 saturated heterocycles. The lowest BCUT2D eigenvalue weighted by molar-refractivity contribution is -0.129. The van der Waals surface area contributed by atoms with E-state index in [0.29, 0.717) is 30.2 Å². The average molecular weight is 321 g/mol. The molecule has 1 aliphatic heterocycles. The van der Waals surface area contributed by atoms with Crippen LogP contribution < -0.4 is 20.1 Å². The highest BCUT2D eigenvalue weighted by atomic mass is 16.5. The van der Waals surface area contributed by atoms with Gasteiger partial charge in [0, 0.05) is 30.8 Å². The second-order valence-corrected chi connectivity index (χ2v) is 5.71. The van der Waals surface area contributed by atoms with Crippen molar-refractivity contribution in [2.45, 2.75) is 32.4 Å². The van der Waals surface area contributed by atoms with Crippen molar-refractivity contribution < 1.29 is 19.1 Å². The van der Waals surface area contributed by atoms with Crippen LogP contribution in [0.5, 0.6) is 11.5 Å². The van der Waals surface area contributed by atoms with Gasteiger partial charge in [0.05, 0.1) is 20.3 Å². The van der Waals surface area contributed by atoms with Gasteiger partial charge in [0.25, 0.3) is 0 Å². The first-order valence-electron chi connectivity index (χ1n) is 7.53. The van der Waals surface area contributed by atoms with E-state index in [4.69, 9.17) is 9.47 Å². The summed E-state index contributed by atoms with van der Waals surface area (Å²) in [4.78, 5) is 25.7. The van der Waals surface area contributed by atoms with E-state index in [1.807, 2.05) is 13.8 Å². The minimum Gasteiger partial charge on any atom is -0.493 e. The first-order valence-corrected chi connectivity index (χ1v) is 7.53. The molecule has 1 aromatic carbocycles. The number of benzene rings is 1. The molecule has 1 unspecified atom stereocenters. The number of nitrogens with zero attached hydrogens (tertiary/aromatic N) is 1. The van der Waals surface area contributed by atoms with Crippen LogP contribution >= 0.6 is 0 Å². The van der Waals surface area contributed by atoms with Gasteiger partial charge in [-0.15, -0.1) is 0 Å². The zero-order valence-corrected chi connectivity index (χ0v) is 13.9. The number of hydrogen-bond acceptors (Lipinski definition) is 4. The van der Waals surface area contributed by atoms with Crippen molar-refractivity contribution in [3.8, 4) is 11.5 Å².